The first-order valence-electron chi connectivity index (χ1n) is 9.71. The third kappa shape index (κ3) is 3.12. The van der Waals surface area contributed by atoms with Crippen molar-refractivity contribution in [3.05, 3.63) is 34.9 Å². The highest BCUT2D eigenvalue weighted by atomic mass is 19.4. The standard InChI is InChI=1S/C20H20F3N3O3/c21-20(22,23)9-1-3-11(15(28)7-9)18-12-8-10-2-6-16(29-10)17(12)19(26-25-18)24-13-4-5-14(13)27/h1,3,7,10,13-14,16,27-28H,2,4-6,8H2,(H,24,26)/t10?,13-,14-,16?/m1/s1. The van der Waals surface area contributed by atoms with Gasteiger partial charge in [0.1, 0.15) is 11.4 Å². The maximum atomic E-state index is 12.9. The lowest BCUT2D eigenvalue weighted by molar-refractivity contribution is -0.137. The number of alkyl halides is 3. The fourth-order valence-electron chi connectivity index (χ4n) is 4.39. The van der Waals surface area contributed by atoms with Crippen molar-refractivity contribution in [3.63, 3.8) is 0 Å². The number of hydrogen-bond acceptors (Lipinski definition) is 6. The smallest absolute Gasteiger partial charge is 0.416 e. The van der Waals surface area contributed by atoms with Gasteiger partial charge < -0.3 is 20.3 Å². The predicted molar refractivity (Wildman–Crippen MR) is 97.3 cm³/mol. The first-order chi connectivity index (χ1) is 13.8. The van der Waals surface area contributed by atoms with Crippen LogP contribution >= 0.6 is 0 Å². The molecule has 4 atom stereocenters. The number of rotatable bonds is 3. The van der Waals surface area contributed by atoms with E-state index in [9.17, 15) is 23.4 Å². The normalized spacial score (nSPS) is 28.0. The number of phenolic OH excluding ortho intramolecular Hbond substituents is 1. The number of phenols is 1. The quantitative estimate of drug-likeness (QED) is 0.721. The number of ether oxygens (including phenoxy) is 1. The van der Waals surface area contributed by atoms with E-state index in [4.69, 9.17) is 4.74 Å². The highest BCUT2D eigenvalue weighted by molar-refractivity contribution is 5.73. The number of aliphatic hydroxyl groups excluding tert-OH is 1. The monoisotopic (exact) mass is 407 g/mol. The van der Waals surface area contributed by atoms with Gasteiger partial charge in [-0.3, -0.25) is 0 Å². The van der Waals surface area contributed by atoms with Crippen molar-refractivity contribution in [3.8, 4) is 17.0 Å². The summed E-state index contributed by atoms with van der Waals surface area (Å²) < 4.78 is 44.9. The molecule has 1 aromatic heterocycles. The maximum absolute atomic E-state index is 12.9. The Balaban J connectivity index is 1.59. The molecule has 5 rings (SSSR count). The molecule has 2 unspecified atom stereocenters. The molecule has 1 aliphatic carbocycles. The van der Waals surface area contributed by atoms with Crippen LogP contribution in [0.1, 0.15) is 48.5 Å². The molecule has 3 heterocycles. The van der Waals surface area contributed by atoms with Crippen molar-refractivity contribution in [2.45, 2.75) is 62.6 Å². The summed E-state index contributed by atoms with van der Waals surface area (Å²) in [6.07, 6.45) is -1.31. The summed E-state index contributed by atoms with van der Waals surface area (Å²) in [5.74, 6) is 0.0644. The largest absolute Gasteiger partial charge is 0.507 e. The molecule has 154 valence electrons. The van der Waals surface area contributed by atoms with Crippen molar-refractivity contribution in [1.82, 2.24) is 10.2 Å². The van der Waals surface area contributed by atoms with Gasteiger partial charge in [-0.1, -0.05) is 0 Å². The third-order valence-corrected chi connectivity index (χ3v) is 6.12. The molecule has 3 N–H and O–H groups in total. The molecule has 29 heavy (non-hydrogen) atoms. The summed E-state index contributed by atoms with van der Waals surface area (Å²) in [6.45, 7) is 0. The van der Waals surface area contributed by atoms with Gasteiger partial charge >= 0.3 is 6.18 Å². The number of halogens is 3. The van der Waals surface area contributed by atoms with Crippen LogP contribution in [0.2, 0.25) is 0 Å². The van der Waals surface area contributed by atoms with Gasteiger partial charge in [0.2, 0.25) is 0 Å². The van der Waals surface area contributed by atoms with Gasteiger partial charge in [-0.2, -0.15) is 13.2 Å². The summed E-state index contributed by atoms with van der Waals surface area (Å²) in [6, 6.07) is 2.79. The number of fused-ring (bicyclic) bond motifs is 4. The number of aromatic hydroxyl groups is 1. The average Bonchev–Trinajstić information content (AvgIpc) is 3.05. The average molecular weight is 407 g/mol. The molecule has 1 saturated heterocycles. The second kappa shape index (κ2) is 6.56. The van der Waals surface area contributed by atoms with Gasteiger partial charge in [0.15, 0.2) is 5.82 Å². The molecule has 9 heteroatoms. The number of benzene rings is 1. The van der Waals surface area contributed by atoms with E-state index in [1.54, 1.807) is 0 Å². The lowest BCUT2D eigenvalue weighted by Gasteiger charge is -2.35. The van der Waals surface area contributed by atoms with Crippen LogP contribution in [0.15, 0.2) is 18.2 Å². The Morgan fingerprint density at radius 1 is 1.10 bits per heavy atom. The van der Waals surface area contributed by atoms with Gasteiger partial charge in [-0.05, 0) is 49.4 Å². The molecule has 2 fully saturated rings. The summed E-state index contributed by atoms with van der Waals surface area (Å²) in [5.41, 5.74) is 1.36. The van der Waals surface area contributed by atoms with Crippen molar-refractivity contribution < 1.29 is 28.1 Å². The SMILES string of the molecule is Oc1cc(C(F)(F)F)ccc1-c1nnc(N[C@@H]2CC[C@H]2O)c2c1CC1CCC2O1. The molecule has 0 spiro atoms. The molecule has 0 amide bonds. The zero-order chi connectivity index (χ0) is 20.3. The maximum Gasteiger partial charge on any atom is 0.416 e. The first kappa shape index (κ1) is 18.6. The molecule has 0 radical (unpaired) electrons. The van der Waals surface area contributed by atoms with Crippen LogP contribution in [0.3, 0.4) is 0 Å². The fraction of sp³-hybridized carbons (Fsp3) is 0.500. The number of nitrogens with one attached hydrogen (secondary N) is 1. The molecule has 2 bridgehead atoms. The molecule has 6 nitrogen and oxygen atoms in total. The highest BCUT2D eigenvalue weighted by Crippen LogP contribution is 2.47. The van der Waals surface area contributed by atoms with Gasteiger partial charge in [0.05, 0.1) is 29.9 Å². The van der Waals surface area contributed by atoms with Crippen LogP contribution in [-0.2, 0) is 17.3 Å². The Labute approximate surface area is 164 Å². The predicted octanol–water partition coefficient (Wildman–Crippen LogP) is 3.58. The zero-order valence-electron chi connectivity index (χ0n) is 15.4. The summed E-state index contributed by atoms with van der Waals surface area (Å²) in [5, 5.41) is 32.0. The molecule has 1 aromatic carbocycles. The molecule has 1 saturated carbocycles. The molecule has 3 aliphatic rings. The Hall–Kier alpha value is -2.39. The van der Waals surface area contributed by atoms with E-state index >= 15 is 0 Å². The number of anilines is 1. The second-order valence-corrected chi connectivity index (χ2v) is 7.94. The zero-order valence-corrected chi connectivity index (χ0v) is 15.4. The number of hydrogen-bond donors (Lipinski definition) is 3. The van der Waals surface area contributed by atoms with Crippen molar-refractivity contribution >= 4 is 5.82 Å². The number of aromatic nitrogens is 2. The summed E-state index contributed by atoms with van der Waals surface area (Å²) in [4.78, 5) is 0. The third-order valence-electron chi connectivity index (χ3n) is 6.12. The summed E-state index contributed by atoms with van der Waals surface area (Å²) >= 11 is 0. The Bertz CT molecular complexity index is 966. The van der Waals surface area contributed by atoms with Crippen LogP contribution in [0.5, 0.6) is 5.75 Å². The van der Waals surface area contributed by atoms with Crippen LogP contribution in [0, 0.1) is 0 Å². The number of nitrogens with zero attached hydrogens (tertiary/aromatic N) is 2. The highest BCUT2D eigenvalue weighted by Gasteiger charge is 2.40. The minimum Gasteiger partial charge on any atom is -0.507 e. The number of aliphatic hydroxyl groups is 1. The van der Waals surface area contributed by atoms with Crippen LogP contribution in [-0.4, -0.2) is 38.7 Å². The first-order valence-corrected chi connectivity index (χ1v) is 9.71. The van der Waals surface area contributed by atoms with Gasteiger partial charge in [-0.15, -0.1) is 10.2 Å². The second-order valence-electron chi connectivity index (χ2n) is 7.94. The molecule has 2 aliphatic heterocycles. The minimum absolute atomic E-state index is 0.0224. The van der Waals surface area contributed by atoms with Crippen LogP contribution in [0.25, 0.3) is 11.3 Å². The Morgan fingerprint density at radius 3 is 2.59 bits per heavy atom. The van der Waals surface area contributed by atoms with Gasteiger partial charge in [0.25, 0.3) is 0 Å². The Morgan fingerprint density at radius 2 is 1.93 bits per heavy atom. The van der Waals surface area contributed by atoms with E-state index in [-0.39, 0.29) is 23.8 Å². The lowest BCUT2D eigenvalue weighted by Crippen LogP contribution is -2.43. The molecular weight excluding hydrogens is 387 g/mol. The van der Waals surface area contributed by atoms with Gasteiger partial charge in [0, 0.05) is 17.5 Å². The van der Waals surface area contributed by atoms with E-state index in [2.05, 4.69) is 15.5 Å². The van der Waals surface area contributed by atoms with E-state index in [0.717, 1.165) is 42.9 Å². The van der Waals surface area contributed by atoms with E-state index < -0.39 is 23.6 Å². The molecule has 2 aromatic rings. The summed E-state index contributed by atoms with van der Waals surface area (Å²) in [7, 11) is 0. The molecular formula is C20H20F3N3O3. The van der Waals surface area contributed by atoms with Crippen LogP contribution in [0.4, 0.5) is 19.0 Å². The van der Waals surface area contributed by atoms with E-state index in [1.807, 2.05) is 0 Å². The van der Waals surface area contributed by atoms with Crippen LogP contribution < -0.4 is 5.32 Å². The van der Waals surface area contributed by atoms with E-state index in [1.165, 1.54) is 6.07 Å². The Kier molecular flexibility index (Phi) is 4.22. The van der Waals surface area contributed by atoms with Gasteiger partial charge in [-0.25, -0.2) is 0 Å². The van der Waals surface area contributed by atoms with Crippen molar-refractivity contribution in [2.75, 3.05) is 5.32 Å². The topological polar surface area (TPSA) is 87.5 Å². The lowest BCUT2D eigenvalue weighted by atomic mass is 9.88. The fourth-order valence-corrected chi connectivity index (χ4v) is 4.39. The van der Waals surface area contributed by atoms with Crippen molar-refractivity contribution in [1.29, 1.82) is 0 Å². The minimum atomic E-state index is -4.54. The van der Waals surface area contributed by atoms with E-state index in [0.29, 0.717) is 24.0 Å². The van der Waals surface area contributed by atoms with Crippen molar-refractivity contribution in [2.24, 2.45) is 0 Å².